The molecule has 0 atom stereocenters. The zero-order chi connectivity index (χ0) is 15.4. The standard InChI is InChI=1S/C16H15ClFNO2/c1-10-8-12(18)3-2-11(10)6-7-19-13-4-5-14(16(20)21)15(17)9-13/h2-5,8-9,19H,6-7H2,1H3,(H,20,21). The average molecular weight is 308 g/mol. The van der Waals surface area contributed by atoms with Crippen molar-refractivity contribution < 1.29 is 14.3 Å². The monoisotopic (exact) mass is 307 g/mol. The summed E-state index contributed by atoms with van der Waals surface area (Å²) in [6.07, 6.45) is 0.740. The van der Waals surface area contributed by atoms with Crippen molar-refractivity contribution in [2.24, 2.45) is 0 Å². The summed E-state index contributed by atoms with van der Waals surface area (Å²) in [6.45, 7) is 2.52. The van der Waals surface area contributed by atoms with Crippen LogP contribution in [0.5, 0.6) is 0 Å². The Morgan fingerprint density at radius 1 is 1.29 bits per heavy atom. The average Bonchev–Trinajstić information content (AvgIpc) is 2.41. The lowest BCUT2D eigenvalue weighted by molar-refractivity contribution is 0.0697. The zero-order valence-electron chi connectivity index (χ0n) is 11.5. The van der Waals surface area contributed by atoms with Gasteiger partial charge in [0.25, 0.3) is 0 Å². The Balaban J connectivity index is 1.97. The predicted octanol–water partition coefficient (Wildman–Crippen LogP) is 4.14. The molecule has 3 nitrogen and oxygen atoms in total. The molecule has 21 heavy (non-hydrogen) atoms. The van der Waals surface area contributed by atoms with Crippen molar-refractivity contribution in [3.8, 4) is 0 Å². The van der Waals surface area contributed by atoms with E-state index < -0.39 is 5.97 Å². The van der Waals surface area contributed by atoms with E-state index in [1.54, 1.807) is 18.2 Å². The third kappa shape index (κ3) is 3.95. The zero-order valence-corrected chi connectivity index (χ0v) is 12.2. The molecule has 0 saturated carbocycles. The van der Waals surface area contributed by atoms with Crippen LogP contribution >= 0.6 is 11.6 Å². The Morgan fingerprint density at radius 2 is 2.05 bits per heavy atom. The highest BCUT2D eigenvalue weighted by Crippen LogP contribution is 2.21. The number of benzene rings is 2. The predicted molar refractivity (Wildman–Crippen MR) is 81.7 cm³/mol. The largest absolute Gasteiger partial charge is 0.478 e. The number of rotatable bonds is 5. The number of carboxylic acid groups (broad SMARTS) is 1. The van der Waals surface area contributed by atoms with Gasteiger partial charge in [-0.25, -0.2) is 9.18 Å². The van der Waals surface area contributed by atoms with Crippen LogP contribution in [0.3, 0.4) is 0 Å². The minimum absolute atomic E-state index is 0.0802. The van der Waals surface area contributed by atoms with Crippen LogP contribution in [0, 0.1) is 12.7 Å². The summed E-state index contributed by atoms with van der Waals surface area (Å²) in [5.74, 6) is -1.28. The first-order valence-corrected chi connectivity index (χ1v) is 6.87. The lowest BCUT2D eigenvalue weighted by Gasteiger charge is -2.09. The van der Waals surface area contributed by atoms with E-state index in [2.05, 4.69) is 5.32 Å². The van der Waals surface area contributed by atoms with E-state index in [9.17, 15) is 9.18 Å². The lowest BCUT2D eigenvalue weighted by Crippen LogP contribution is -2.07. The fourth-order valence-corrected chi connectivity index (χ4v) is 2.34. The van der Waals surface area contributed by atoms with Crippen LogP contribution in [0.25, 0.3) is 0 Å². The van der Waals surface area contributed by atoms with Gasteiger partial charge in [-0.2, -0.15) is 0 Å². The van der Waals surface area contributed by atoms with Crippen LogP contribution in [-0.4, -0.2) is 17.6 Å². The number of aryl methyl sites for hydroxylation is 1. The van der Waals surface area contributed by atoms with E-state index >= 15 is 0 Å². The third-order valence-corrected chi connectivity index (χ3v) is 3.54. The molecule has 0 aliphatic carbocycles. The molecule has 0 saturated heterocycles. The molecule has 0 spiro atoms. The maximum absolute atomic E-state index is 13.0. The van der Waals surface area contributed by atoms with E-state index in [-0.39, 0.29) is 16.4 Å². The Labute approximate surface area is 127 Å². The van der Waals surface area contributed by atoms with Gasteiger partial charge >= 0.3 is 5.97 Å². The van der Waals surface area contributed by atoms with E-state index in [1.165, 1.54) is 18.2 Å². The number of carbonyl (C=O) groups is 1. The van der Waals surface area contributed by atoms with Crippen LogP contribution in [-0.2, 0) is 6.42 Å². The Morgan fingerprint density at radius 3 is 2.67 bits per heavy atom. The molecule has 5 heteroatoms. The molecule has 0 amide bonds. The minimum Gasteiger partial charge on any atom is -0.478 e. The quantitative estimate of drug-likeness (QED) is 0.873. The van der Waals surface area contributed by atoms with Crippen molar-refractivity contribution >= 4 is 23.3 Å². The number of halogens is 2. The molecule has 0 heterocycles. The first kappa shape index (κ1) is 15.3. The number of hydrogen-bond acceptors (Lipinski definition) is 2. The lowest BCUT2D eigenvalue weighted by atomic mass is 10.1. The van der Waals surface area contributed by atoms with Crippen molar-refractivity contribution in [3.63, 3.8) is 0 Å². The summed E-state index contributed by atoms with van der Waals surface area (Å²) in [6, 6.07) is 9.45. The second-order valence-electron chi connectivity index (χ2n) is 4.75. The Bertz CT molecular complexity index is 673. The van der Waals surface area contributed by atoms with E-state index in [0.29, 0.717) is 6.54 Å². The molecular weight excluding hydrogens is 293 g/mol. The number of nitrogens with one attached hydrogen (secondary N) is 1. The van der Waals surface area contributed by atoms with Gasteiger partial charge in [0, 0.05) is 12.2 Å². The van der Waals surface area contributed by atoms with E-state index in [0.717, 1.165) is 23.2 Å². The van der Waals surface area contributed by atoms with Crippen molar-refractivity contribution in [3.05, 3.63) is 63.9 Å². The summed E-state index contributed by atoms with van der Waals surface area (Å²) in [5.41, 5.74) is 2.81. The van der Waals surface area contributed by atoms with Gasteiger partial charge in [-0.05, 0) is 54.8 Å². The highest BCUT2D eigenvalue weighted by atomic mass is 35.5. The minimum atomic E-state index is -1.05. The molecule has 0 aliphatic rings. The van der Waals surface area contributed by atoms with Crippen molar-refractivity contribution in [1.82, 2.24) is 0 Å². The molecule has 0 aromatic heterocycles. The summed E-state index contributed by atoms with van der Waals surface area (Å²) >= 11 is 5.90. The molecule has 110 valence electrons. The van der Waals surface area contributed by atoms with Crippen molar-refractivity contribution in [1.29, 1.82) is 0 Å². The molecule has 0 fully saturated rings. The summed E-state index contributed by atoms with van der Waals surface area (Å²) in [5, 5.41) is 12.3. The Hall–Kier alpha value is -2.07. The molecule has 0 aliphatic heterocycles. The SMILES string of the molecule is Cc1cc(F)ccc1CCNc1ccc(C(=O)O)c(Cl)c1. The van der Waals surface area contributed by atoms with Gasteiger partial charge < -0.3 is 10.4 Å². The Kier molecular flexibility index (Phi) is 4.81. The third-order valence-electron chi connectivity index (χ3n) is 3.23. The van der Waals surface area contributed by atoms with Crippen molar-refractivity contribution in [2.75, 3.05) is 11.9 Å². The van der Waals surface area contributed by atoms with Crippen LogP contribution in [0.1, 0.15) is 21.5 Å². The van der Waals surface area contributed by atoms with Crippen LogP contribution < -0.4 is 5.32 Å². The van der Waals surface area contributed by atoms with Crippen molar-refractivity contribution in [2.45, 2.75) is 13.3 Å². The second kappa shape index (κ2) is 6.59. The first-order valence-electron chi connectivity index (χ1n) is 6.49. The van der Waals surface area contributed by atoms with E-state index in [4.69, 9.17) is 16.7 Å². The smallest absolute Gasteiger partial charge is 0.337 e. The van der Waals surface area contributed by atoms with Gasteiger partial charge in [0.05, 0.1) is 10.6 Å². The highest BCUT2D eigenvalue weighted by Gasteiger charge is 2.08. The highest BCUT2D eigenvalue weighted by molar-refractivity contribution is 6.33. The molecule has 0 bridgehead atoms. The molecule has 2 rings (SSSR count). The van der Waals surface area contributed by atoms with Gasteiger partial charge in [0.2, 0.25) is 0 Å². The molecule has 0 radical (unpaired) electrons. The number of hydrogen-bond donors (Lipinski definition) is 2. The maximum atomic E-state index is 13.0. The maximum Gasteiger partial charge on any atom is 0.337 e. The van der Waals surface area contributed by atoms with Gasteiger partial charge in [-0.3, -0.25) is 0 Å². The van der Waals surface area contributed by atoms with Gasteiger partial charge in [-0.15, -0.1) is 0 Å². The number of anilines is 1. The molecule has 2 aromatic carbocycles. The summed E-state index contributed by atoms with van der Waals surface area (Å²) in [7, 11) is 0. The fraction of sp³-hybridized carbons (Fsp3) is 0.188. The molecule has 0 unspecified atom stereocenters. The van der Waals surface area contributed by atoms with Gasteiger partial charge in [0.15, 0.2) is 0 Å². The molecule has 2 N–H and O–H groups in total. The number of aromatic carboxylic acids is 1. The van der Waals surface area contributed by atoms with Crippen LogP contribution in [0.4, 0.5) is 10.1 Å². The topological polar surface area (TPSA) is 49.3 Å². The fourth-order valence-electron chi connectivity index (χ4n) is 2.08. The molecular formula is C16H15ClFNO2. The summed E-state index contributed by atoms with van der Waals surface area (Å²) < 4.78 is 13.0. The van der Waals surface area contributed by atoms with Crippen LogP contribution in [0.2, 0.25) is 5.02 Å². The van der Waals surface area contributed by atoms with Gasteiger partial charge in [0.1, 0.15) is 5.82 Å². The number of carboxylic acids is 1. The normalized spacial score (nSPS) is 10.4. The molecule has 2 aromatic rings. The van der Waals surface area contributed by atoms with E-state index in [1.807, 2.05) is 6.92 Å². The second-order valence-corrected chi connectivity index (χ2v) is 5.15. The first-order chi connectivity index (χ1) is 9.97. The van der Waals surface area contributed by atoms with Crippen LogP contribution in [0.15, 0.2) is 36.4 Å². The van der Waals surface area contributed by atoms with Gasteiger partial charge in [-0.1, -0.05) is 17.7 Å². The summed E-state index contributed by atoms with van der Waals surface area (Å²) in [4.78, 5) is 10.9.